The Bertz CT molecular complexity index is 844. The number of rotatable bonds is 5. The van der Waals surface area contributed by atoms with Crippen LogP contribution in [-0.2, 0) is 17.9 Å². The summed E-state index contributed by atoms with van der Waals surface area (Å²) in [6, 6.07) is 17.8. The van der Waals surface area contributed by atoms with Gasteiger partial charge in [0.2, 0.25) is 5.91 Å². The van der Waals surface area contributed by atoms with Crippen molar-refractivity contribution in [3.8, 4) is 0 Å². The van der Waals surface area contributed by atoms with Crippen molar-refractivity contribution in [1.82, 2.24) is 15.1 Å². The summed E-state index contributed by atoms with van der Waals surface area (Å²) in [5.41, 5.74) is 3.04. The molecule has 5 nitrogen and oxygen atoms in total. The lowest BCUT2D eigenvalue weighted by molar-refractivity contribution is -0.126. The fourth-order valence-corrected chi connectivity index (χ4v) is 4.13. The lowest BCUT2D eigenvalue weighted by Gasteiger charge is -2.33. The third-order valence-corrected chi connectivity index (χ3v) is 5.88. The number of amides is 2. The molecule has 1 fully saturated rings. The van der Waals surface area contributed by atoms with Crippen LogP contribution in [0.15, 0.2) is 54.6 Å². The van der Waals surface area contributed by atoms with Crippen LogP contribution >= 0.6 is 0 Å². The van der Waals surface area contributed by atoms with Crippen LogP contribution in [0.25, 0.3) is 0 Å². The van der Waals surface area contributed by atoms with Gasteiger partial charge in [0, 0.05) is 37.8 Å². The zero-order chi connectivity index (χ0) is 19.5. The van der Waals surface area contributed by atoms with Crippen LogP contribution in [-0.4, -0.2) is 46.8 Å². The second-order valence-electron chi connectivity index (χ2n) is 7.81. The molecule has 0 saturated carbocycles. The number of fused-ring (bicyclic) bond motifs is 1. The number of nitrogens with zero attached hydrogens (tertiary/aromatic N) is 2. The highest BCUT2D eigenvalue weighted by Gasteiger charge is 2.34. The molecule has 0 unspecified atom stereocenters. The maximum Gasteiger partial charge on any atom is 0.255 e. The Morgan fingerprint density at radius 2 is 1.75 bits per heavy atom. The molecular formula is C23H27N3O2. The van der Waals surface area contributed by atoms with E-state index in [4.69, 9.17) is 0 Å². The molecule has 28 heavy (non-hydrogen) atoms. The molecule has 2 aliphatic rings. The standard InChI is InChI=1S/C23H27N3O2/c1-17(26-16-19-9-5-6-10-21(19)23(26)28)22(27)24-20-11-13-25(14-12-20)15-18-7-3-2-4-8-18/h2-10,17,20H,11-16H2,1H3,(H,24,27)/t17-/m0/s1. The van der Waals surface area contributed by atoms with E-state index < -0.39 is 6.04 Å². The largest absolute Gasteiger partial charge is 0.351 e. The van der Waals surface area contributed by atoms with Gasteiger partial charge in [-0.3, -0.25) is 14.5 Å². The molecule has 1 N–H and O–H groups in total. The first-order chi connectivity index (χ1) is 13.6. The Morgan fingerprint density at radius 3 is 2.46 bits per heavy atom. The monoisotopic (exact) mass is 377 g/mol. The highest BCUT2D eigenvalue weighted by atomic mass is 16.2. The maximum absolute atomic E-state index is 12.7. The predicted molar refractivity (Wildman–Crippen MR) is 109 cm³/mol. The molecule has 1 atom stereocenters. The molecule has 4 rings (SSSR count). The molecule has 0 bridgehead atoms. The summed E-state index contributed by atoms with van der Waals surface area (Å²) in [5.74, 6) is -0.0985. The molecule has 5 heteroatoms. The van der Waals surface area contributed by atoms with Crippen LogP contribution in [0.2, 0.25) is 0 Å². The fourth-order valence-electron chi connectivity index (χ4n) is 4.13. The predicted octanol–water partition coefficient (Wildman–Crippen LogP) is 2.81. The first-order valence-electron chi connectivity index (χ1n) is 10.1. The van der Waals surface area contributed by atoms with Crippen molar-refractivity contribution in [3.63, 3.8) is 0 Å². The molecule has 0 aromatic heterocycles. The van der Waals surface area contributed by atoms with Crippen molar-refractivity contribution in [3.05, 3.63) is 71.3 Å². The zero-order valence-corrected chi connectivity index (χ0v) is 16.3. The first kappa shape index (κ1) is 18.7. The third-order valence-electron chi connectivity index (χ3n) is 5.88. The lowest BCUT2D eigenvalue weighted by atomic mass is 10.0. The quantitative estimate of drug-likeness (QED) is 0.872. The molecule has 0 radical (unpaired) electrons. The van der Waals surface area contributed by atoms with E-state index in [1.165, 1.54) is 5.56 Å². The number of nitrogens with one attached hydrogen (secondary N) is 1. The van der Waals surface area contributed by atoms with Gasteiger partial charge in [-0.1, -0.05) is 48.5 Å². The van der Waals surface area contributed by atoms with Crippen LogP contribution in [0.3, 0.4) is 0 Å². The second kappa shape index (κ2) is 8.15. The van der Waals surface area contributed by atoms with Gasteiger partial charge in [-0.15, -0.1) is 0 Å². The summed E-state index contributed by atoms with van der Waals surface area (Å²) in [7, 11) is 0. The van der Waals surface area contributed by atoms with Crippen LogP contribution in [0, 0.1) is 0 Å². The Hall–Kier alpha value is -2.66. The van der Waals surface area contributed by atoms with E-state index in [2.05, 4.69) is 34.5 Å². The van der Waals surface area contributed by atoms with Crippen LogP contribution in [0.5, 0.6) is 0 Å². The van der Waals surface area contributed by atoms with E-state index in [9.17, 15) is 9.59 Å². The van der Waals surface area contributed by atoms with E-state index in [0.29, 0.717) is 6.54 Å². The number of benzene rings is 2. The third kappa shape index (κ3) is 3.94. The molecule has 1 saturated heterocycles. The maximum atomic E-state index is 12.7. The minimum absolute atomic E-state index is 0.0454. The highest BCUT2D eigenvalue weighted by molar-refractivity contribution is 6.01. The molecule has 0 spiro atoms. The van der Waals surface area contributed by atoms with E-state index in [1.807, 2.05) is 37.3 Å². The van der Waals surface area contributed by atoms with Gasteiger partial charge < -0.3 is 10.2 Å². The van der Waals surface area contributed by atoms with Crippen LogP contribution in [0.1, 0.15) is 41.3 Å². The number of hydrogen-bond donors (Lipinski definition) is 1. The topological polar surface area (TPSA) is 52.7 Å². The molecule has 2 amide bonds. The van der Waals surface area contributed by atoms with Crippen molar-refractivity contribution < 1.29 is 9.59 Å². The van der Waals surface area contributed by atoms with Gasteiger partial charge in [0.15, 0.2) is 0 Å². The SMILES string of the molecule is C[C@@H](C(=O)NC1CCN(Cc2ccccc2)CC1)N1Cc2ccccc2C1=O. The minimum atomic E-state index is -0.456. The molecule has 146 valence electrons. The van der Waals surface area contributed by atoms with Crippen molar-refractivity contribution in [1.29, 1.82) is 0 Å². The minimum Gasteiger partial charge on any atom is -0.351 e. The van der Waals surface area contributed by atoms with Gasteiger partial charge in [-0.25, -0.2) is 0 Å². The van der Waals surface area contributed by atoms with Crippen LogP contribution in [0.4, 0.5) is 0 Å². The Kier molecular flexibility index (Phi) is 5.44. The van der Waals surface area contributed by atoms with Gasteiger partial charge in [-0.05, 0) is 37.0 Å². The summed E-state index contributed by atoms with van der Waals surface area (Å²) < 4.78 is 0. The average molecular weight is 377 g/mol. The first-order valence-corrected chi connectivity index (χ1v) is 10.1. The van der Waals surface area contributed by atoms with Gasteiger partial charge in [0.05, 0.1) is 0 Å². The molecule has 2 aromatic carbocycles. The summed E-state index contributed by atoms with van der Waals surface area (Å²) in [5, 5.41) is 3.17. The Morgan fingerprint density at radius 1 is 1.07 bits per heavy atom. The molecule has 2 aromatic rings. The van der Waals surface area contributed by atoms with Crippen molar-refractivity contribution >= 4 is 11.8 Å². The summed E-state index contributed by atoms with van der Waals surface area (Å²) >= 11 is 0. The summed E-state index contributed by atoms with van der Waals surface area (Å²) in [6.45, 7) is 5.24. The van der Waals surface area contributed by atoms with E-state index in [1.54, 1.807) is 4.90 Å². The van der Waals surface area contributed by atoms with Gasteiger partial charge >= 0.3 is 0 Å². The summed E-state index contributed by atoms with van der Waals surface area (Å²) in [6.07, 6.45) is 1.89. The van der Waals surface area contributed by atoms with Crippen LogP contribution < -0.4 is 5.32 Å². The smallest absolute Gasteiger partial charge is 0.255 e. The molecule has 2 aliphatic heterocycles. The number of carbonyl (C=O) groups is 2. The fraction of sp³-hybridized carbons (Fsp3) is 0.391. The van der Waals surface area contributed by atoms with E-state index >= 15 is 0 Å². The van der Waals surface area contributed by atoms with E-state index in [-0.39, 0.29) is 17.9 Å². The number of likely N-dealkylation sites (tertiary alicyclic amines) is 1. The summed E-state index contributed by atoms with van der Waals surface area (Å²) in [4.78, 5) is 29.4. The molecular weight excluding hydrogens is 350 g/mol. The van der Waals surface area contributed by atoms with Gasteiger partial charge in [-0.2, -0.15) is 0 Å². The number of piperidine rings is 1. The average Bonchev–Trinajstić information content (AvgIpc) is 3.06. The van der Waals surface area contributed by atoms with E-state index in [0.717, 1.165) is 43.6 Å². The number of hydrogen-bond acceptors (Lipinski definition) is 3. The molecule has 0 aliphatic carbocycles. The van der Waals surface area contributed by atoms with Crippen molar-refractivity contribution in [2.24, 2.45) is 0 Å². The normalized spacial score (nSPS) is 18.8. The van der Waals surface area contributed by atoms with Gasteiger partial charge in [0.25, 0.3) is 5.91 Å². The highest BCUT2D eigenvalue weighted by Crippen LogP contribution is 2.24. The Labute approximate surface area is 166 Å². The molecule has 2 heterocycles. The van der Waals surface area contributed by atoms with Gasteiger partial charge in [0.1, 0.15) is 6.04 Å². The zero-order valence-electron chi connectivity index (χ0n) is 16.3. The van der Waals surface area contributed by atoms with Crippen molar-refractivity contribution in [2.45, 2.75) is 44.9 Å². The lowest BCUT2D eigenvalue weighted by Crippen LogP contribution is -2.51. The Balaban J connectivity index is 1.27. The van der Waals surface area contributed by atoms with Crippen molar-refractivity contribution in [2.75, 3.05) is 13.1 Å². The number of carbonyl (C=O) groups excluding carboxylic acids is 2. The second-order valence-corrected chi connectivity index (χ2v) is 7.81.